The van der Waals surface area contributed by atoms with E-state index in [9.17, 15) is 4.79 Å². The van der Waals surface area contributed by atoms with E-state index >= 15 is 0 Å². The Hall–Kier alpha value is -1.09. The lowest BCUT2D eigenvalue weighted by Gasteiger charge is -2.26. The summed E-state index contributed by atoms with van der Waals surface area (Å²) in [4.78, 5) is 13.9. The van der Waals surface area contributed by atoms with E-state index in [0.717, 1.165) is 15.7 Å². The van der Waals surface area contributed by atoms with Gasteiger partial charge in [0.2, 0.25) is 0 Å². The standard InChI is InChI=1S/C14H18BrNO/c1-10(2)8-14(17)16(11(3)4)13-7-5-6-12(15)9-13/h5-9,11H,1-4H3. The first-order chi connectivity index (χ1) is 7.91. The second-order valence-electron chi connectivity index (χ2n) is 4.50. The molecule has 1 aromatic carbocycles. The maximum absolute atomic E-state index is 12.1. The van der Waals surface area contributed by atoms with Crippen LogP contribution in [0.4, 0.5) is 5.69 Å². The fourth-order valence-corrected chi connectivity index (χ4v) is 2.01. The molecule has 0 unspecified atom stereocenters. The number of rotatable bonds is 3. The highest BCUT2D eigenvalue weighted by molar-refractivity contribution is 9.10. The first-order valence-electron chi connectivity index (χ1n) is 5.65. The van der Waals surface area contributed by atoms with Crippen LogP contribution in [-0.2, 0) is 4.79 Å². The lowest BCUT2D eigenvalue weighted by Crippen LogP contribution is -2.35. The Labute approximate surface area is 111 Å². The maximum Gasteiger partial charge on any atom is 0.251 e. The van der Waals surface area contributed by atoms with Gasteiger partial charge in [-0.15, -0.1) is 0 Å². The molecule has 0 radical (unpaired) electrons. The molecule has 2 nitrogen and oxygen atoms in total. The van der Waals surface area contributed by atoms with E-state index in [0.29, 0.717) is 0 Å². The first kappa shape index (κ1) is 14.0. The van der Waals surface area contributed by atoms with E-state index < -0.39 is 0 Å². The lowest BCUT2D eigenvalue weighted by molar-refractivity contribution is -0.114. The minimum atomic E-state index is 0.0260. The molecule has 0 spiro atoms. The molecule has 1 amide bonds. The summed E-state index contributed by atoms with van der Waals surface area (Å²) >= 11 is 3.43. The van der Waals surface area contributed by atoms with E-state index in [4.69, 9.17) is 0 Å². The van der Waals surface area contributed by atoms with Crippen molar-refractivity contribution in [3.8, 4) is 0 Å². The number of anilines is 1. The fraction of sp³-hybridized carbons (Fsp3) is 0.357. The van der Waals surface area contributed by atoms with E-state index in [-0.39, 0.29) is 11.9 Å². The summed E-state index contributed by atoms with van der Waals surface area (Å²) < 4.78 is 0.977. The van der Waals surface area contributed by atoms with Crippen LogP contribution in [0.2, 0.25) is 0 Å². The molecule has 0 saturated carbocycles. The largest absolute Gasteiger partial charge is 0.306 e. The fourth-order valence-electron chi connectivity index (χ4n) is 1.62. The Morgan fingerprint density at radius 2 is 2.00 bits per heavy atom. The quantitative estimate of drug-likeness (QED) is 0.767. The normalized spacial score (nSPS) is 10.2. The average Bonchev–Trinajstić information content (AvgIpc) is 2.15. The number of hydrogen-bond acceptors (Lipinski definition) is 1. The van der Waals surface area contributed by atoms with Crippen molar-refractivity contribution in [3.05, 3.63) is 40.4 Å². The van der Waals surface area contributed by atoms with E-state index in [1.807, 2.05) is 52.0 Å². The highest BCUT2D eigenvalue weighted by atomic mass is 79.9. The summed E-state index contributed by atoms with van der Waals surface area (Å²) in [5.41, 5.74) is 1.92. The molecule has 0 aliphatic rings. The molecule has 0 heterocycles. The summed E-state index contributed by atoms with van der Waals surface area (Å²) in [5.74, 6) is 0.0260. The van der Waals surface area contributed by atoms with Crippen LogP contribution in [0, 0.1) is 0 Å². The molecule has 0 fully saturated rings. The molecular formula is C14H18BrNO. The van der Waals surface area contributed by atoms with Crippen molar-refractivity contribution in [2.24, 2.45) is 0 Å². The van der Waals surface area contributed by atoms with Crippen molar-refractivity contribution in [1.29, 1.82) is 0 Å². The van der Waals surface area contributed by atoms with Gasteiger partial charge in [0.05, 0.1) is 0 Å². The van der Waals surface area contributed by atoms with Gasteiger partial charge in [-0.05, 0) is 45.9 Å². The third-order valence-corrected chi connectivity index (χ3v) is 2.75. The minimum Gasteiger partial charge on any atom is -0.306 e. The molecule has 0 bridgehead atoms. The molecule has 0 aliphatic carbocycles. The van der Waals surface area contributed by atoms with Crippen LogP contribution in [0.5, 0.6) is 0 Å². The van der Waals surface area contributed by atoms with Gasteiger partial charge >= 0.3 is 0 Å². The summed E-state index contributed by atoms with van der Waals surface area (Å²) in [6.07, 6.45) is 1.67. The second-order valence-corrected chi connectivity index (χ2v) is 5.42. The molecule has 0 aromatic heterocycles. The van der Waals surface area contributed by atoms with Gasteiger partial charge in [0.25, 0.3) is 5.91 Å². The van der Waals surface area contributed by atoms with Crippen molar-refractivity contribution in [1.82, 2.24) is 0 Å². The summed E-state index contributed by atoms with van der Waals surface area (Å²) in [7, 11) is 0. The van der Waals surface area contributed by atoms with Crippen molar-refractivity contribution < 1.29 is 4.79 Å². The smallest absolute Gasteiger partial charge is 0.251 e. The van der Waals surface area contributed by atoms with Gasteiger partial charge in [-0.1, -0.05) is 27.6 Å². The van der Waals surface area contributed by atoms with E-state index in [1.165, 1.54) is 0 Å². The highest BCUT2D eigenvalue weighted by Crippen LogP contribution is 2.22. The van der Waals surface area contributed by atoms with Gasteiger partial charge in [0.15, 0.2) is 0 Å². The zero-order chi connectivity index (χ0) is 13.0. The van der Waals surface area contributed by atoms with Crippen molar-refractivity contribution in [2.75, 3.05) is 4.90 Å². The van der Waals surface area contributed by atoms with Crippen LogP contribution in [-0.4, -0.2) is 11.9 Å². The van der Waals surface area contributed by atoms with Gasteiger partial charge in [-0.3, -0.25) is 4.79 Å². The topological polar surface area (TPSA) is 20.3 Å². The molecule has 1 rings (SSSR count). The molecule has 1 aromatic rings. The van der Waals surface area contributed by atoms with Crippen molar-refractivity contribution in [2.45, 2.75) is 33.7 Å². The molecule has 17 heavy (non-hydrogen) atoms. The van der Waals surface area contributed by atoms with Gasteiger partial charge in [0.1, 0.15) is 0 Å². The number of carbonyl (C=O) groups is 1. The highest BCUT2D eigenvalue weighted by Gasteiger charge is 2.16. The predicted molar refractivity (Wildman–Crippen MR) is 76.2 cm³/mol. The third-order valence-electron chi connectivity index (χ3n) is 2.25. The Morgan fingerprint density at radius 1 is 1.35 bits per heavy atom. The summed E-state index contributed by atoms with van der Waals surface area (Å²) in [6.45, 7) is 7.88. The maximum atomic E-state index is 12.1. The molecule has 0 atom stereocenters. The second kappa shape index (κ2) is 6.01. The van der Waals surface area contributed by atoms with Gasteiger partial charge < -0.3 is 4.90 Å². The average molecular weight is 296 g/mol. The molecule has 0 N–H and O–H groups in total. The number of halogens is 1. The number of allylic oxidation sites excluding steroid dienone is 1. The van der Waals surface area contributed by atoms with Gasteiger partial charge in [0, 0.05) is 22.3 Å². The molecule has 92 valence electrons. The molecule has 3 heteroatoms. The zero-order valence-corrected chi connectivity index (χ0v) is 12.3. The number of hydrogen-bond donors (Lipinski definition) is 0. The predicted octanol–water partition coefficient (Wildman–Crippen LogP) is 4.16. The number of carbonyl (C=O) groups excluding carboxylic acids is 1. The van der Waals surface area contributed by atoms with Crippen LogP contribution in [0.25, 0.3) is 0 Å². The van der Waals surface area contributed by atoms with E-state index in [2.05, 4.69) is 15.9 Å². The Balaban J connectivity index is 3.10. The Morgan fingerprint density at radius 3 is 2.47 bits per heavy atom. The van der Waals surface area contributed by atoms with Crippen LogP contribution in [0.3, 0.4) is 0 Å². The summed E-state index contributed by atoms with van der Waals surface area (Å²) in [5, 5.41) is 0. The van der Waals surface area contributed by atoms with E-state index in [1.54, 1.807) is 11.0 Å². The van der Waals surface area contributed by atoms with Crippen molar-refractivity contribution >= 4 is 27.5 Å². The van der Waals surface area contributed by atoms with Gasteiger partial charge in [-0.25, -0.2) is 0 Å². The lowest BCUT2D eigenvalue weighted by atomic mass is 10.2. The minimum absolute atomic E-state index is 0.0260. The van der Waals surface area contributed by atoms with Crippen LogP contribution < -0.4 is 4.90 Å². The SMILES string of the molecule is CC(C)=CC(=O)N(c1cccc(Br)c1)C(C)C. The number of nitrogens with zero attached hydrogens (tertiary/aromatic N) is 1. The van der Waals surface area contributed by atoms with Crippen molar-refractivity contribution in [3.63, 3.8) is 0 Å². The zero-order valence-electron chi connectivity index (χ0n) is 10.7. The first-order valence-corrected chi connectivity index (χ1v) is 6.44. The third kappa shape index (κ3) is 4.00. The van der Waals surface area contributed by atoms with Gasteiger partial charge in [-0.2, -0.15) is 0 Å². The van der Waals surface area contributed by atoms with Crippen LogP contribution in [0.15, 0.2) is 40.4 Å². The number of benzene rings is 1. The Bertz CT molecular complexity index is 434. The monoisotopic (exact) mass is 295 g/mol. The number of amides is 1. The van der Waals surface area contributed by atoms with Crippen LogP contribution in [0.1, 0.15) is 27.7 Å². The summed E-state index contributed by atoms with van der Waals surface area (Å²) in [6, 6.07) is 7.92. The molecular weight excluding hydrogens is 278 g/mol. The molecule has 0 aliphatic heterocycles. The van der Waals surface area contributed by atoms with Crippen LogP contribution >= 0.6 is 15.9 Å². The Kier molecular flexibility index (Phi) is 4.94. The molecule has 0 saturated heterocycles.